The Morgan fingerprint density at radius 1 is 1.75 bits per heavy atom. The van der Waals surface area contributed by atoms with Crippen LogP contribution in [0.2, 0.25) is 0 Å². The molecule has 0 saturated carbocycles. The van der Waals surface area contributed by atoms with Crippen molar-refractivity contribution in [2.24, 2.45) is 0 Å². The van der Waals surface area contributed by atoms with Gasteiger partial charge in [-0.1, -0.05) is 0 Å². The van der Waals surface area contributed by atoms with Gasteiger partial charge in [-0.25, -0.2) is 0 Å². The minimum absolute atomic E-state index is 0.282. The maximum Gasteiger partial charge on any atom is 0.0674 e. The fraction of sp³-hybridized carbons (Fsp3) is 0.800. The van der Waals surface area contributed by atoms with Gasteiger partial charge in [0.05, 0.1) is 5.85 Å². The van der Waals surface area contributed by atoms with E-state index in [1.165, 1.54) is 6.21 Å². The second kappa shape index (κ2) is 5.20. The number of unbranched alkanes of at least 4 members (excludes halogenated alkanes) is 1. The maximum absolute atomic E-state index is 8.67. The van der Waals surface area contributed by atoms with Crippen LogP contribution in [0.15, 0.2) is 0 Å². The molecule has 0 aliphatic heterocycles. The van der Waals surface area contributed by atoms with E-state index < -0.39 is 0 Å². The summed E-state index contributed by atoms with van der Waals surface area (Å²) >= 11 is 0. The lowest BCUT2D eigenvalue weighted by atomic mass is 10.2. The molecule has 2 unspecified atom stereocenters. The summed E-state index contributed by atoms with van der Waals surface area (Å²) in [6.07, 6.45) is 3.84. The Balaban J connectivity index is 2.81. The molecule has 2 nitrogen and oxygen atoms in total. The summed E-state index contributed by atoms with van der Waals surface area (Å²) in [5, 5.41) is 15.3. The van der Waals surface area contributed by atoms with E-state index in [0.717, 1.165) is 19.3 Å². The molecule has 2 atom stereocenters. The highest BCUT2D eigenvalue weighted by Crippen LogP contribution is 2.04. The first-order chi connectivity index (χ1) is 3.77. The van der Waals surface area contributed by atoms with Crippen molar-refractivity contribution in [3.8, 4) is 0 Å². The quantitative estimate of drug-likeness (QED) is 0.335. The lowest BCUT2D eigenvalue weighted by Gasteiger charge is -1.98. The minimum atomic E-state index is -0.282. The molecule has 0 heterocycles. The largest absolute Gasteiger partial charge is 0.389 e. The van der Waals surface area contributed by atoms with Crippen LogP contribution in [-0.2, 0) is 0 Å². The SMILES string of the molecule is N=CCCCC(O)P. The average molecular weight is 133 g/mol. The number of aliphatic hydroxyl groups excluding tert-OH is 1. The molecule has 0 saturated heterocycles. The standard InChI is InChI=1S/C5H12NOP/c6-4-2-1-3-5(7)8/h4-7H,1-3,8H2. The Kier molecular flexibility index (Phi) is 5.24. The number of hydrogen-bond acceptors (Lipinski definition) is 2. The van der Waals surface area contributed by atoms with E-state index in [1.807, 2.05) is 0 Å². The van der Waals surface area contributed by atoms with Crippen molar-refractivity contribution >= 4 is 15.5 Å². The first kappa shape index (κ1) is 8.06. The Bertz CT molecular complexity index is 65.4. The first-order valence-corrected chi connectivity index (χ1v) is 3.36. The summed E-state index contributed by atoms with van der Waals surface area (Å²) < 4.78 is 0. The summed E-state index contributed by atoms with van der Waals surface area (Å²) in [6, 6.07) is 0. The van der Waals surface area contributed by atoms with Crippen molar-refractivity contribution in [3.05, 3.63) is 0 Å². The molecule has 0 fully saturated rings. The van der Waals surface area contributed by atoms with Crippen LogP contribution in [0, 0.1) is 5.41 Å². The molecular weight excluding hydrogens is 121 g/mol. The topological polar surface area (TPSA) is 44.1 Å². The molecule has 0 bridgehead atoms. The second-order valence-electron chi connectivity index (χ2n) is 1.70. The predicted molar refractivity (Wildman–Crippen MR) is 38.4 cm³/mol. The number of rotatable bonds is 4. The molecule has 0 aromatic carbocycles. The van der Waals surface area contributed by atoms with Gasteiger partial charge in [-0.3, -0.25) is 0 Å². The van der Waals surface area contributed by atoms with Gasteiger partial charge in [0.1, 0.15) is 0 Å². The van der Waals surface area contributed by atoms with Crippen molar-refractivity contribution in [2.75, 3.05) is 0 Å². The smallest absolute Gasteiger partial charge is 0.0674 e. The molecule has 0 aliphatic carbocycles. The Labute approximate surface area is 52.0 Å². The highest BCUT2D eigenvalue weighted by atomic mass is 31.0. The number of nitrogens with one attached hydrogen (secondary N) is 1. The molecule has 0 amide bonds. The number of aliphatic hydroxyl groups is 1. The molecule has 0 aromatic rings. The van der Waals surface area contributed by atoms with E-state index in [4.69, 9.17) is 10.5 Å². The number of hydrogen-bond donors (Lipinski definition) is 2. The predicted octanol–water partition coefficient (Wildman–Crippen LogP) is 1.000. The Morgan fingerprint density at radius 2 is 2.38 bits per heavy atom. The van der Waals surface area contributed by atoms with Gasteiger partial charge in [-0.05, 0) is 25.5 Å². The van der Waals surface area contributed by atoms with Crippen LogP contribution in [0.25, 0.3) is 0 Å². The van der Waals surface area contributed by atoms with Crippen molar-refractivity contribution in [1.29, 1.82) is 5.41 Å². The molecule has 0 aliphatic rings. The summed E-state index contributed by atoms with van der Waals surface area (Å²) in [7, 11) is 2.31. The highest BCUT2D eigenvalue weighted by Gasteiger charge is 1.91. The van der Waals surface area contributed by atoms with Gasteiger partial charge in [0.15, 0.2) is 0 Å². The molecule has 8 heavy (non-hydrogen) atoms. The zero-order valence-electron chi connectivity index (χ0n) is 4.80. The van der Waals surface area contributed by atoms with E-state index in [1.54, 1.807) is 0 Å². The normalized spacial score (nSPS) is 13.2. The average Bonchev–Trinajstić information content (AvgIpc) is 1.66. The van der Waals surface area contributed by atoms with Gasteiger partial charge >= 0.3 is 0 Å². The van der Waals surface area contributed by atoms with Gasteiger partial charge in [0.25, 0.3) is 0 Å². The summed E-state index contributed by atoms with van der Waals surface area (Å²) in [5.74, 6) is -0.282. The third-order valence-corrected chi connectivity index (χ3v) is 1.18. The van der Waals surface area contributed by atoms with Crippen LogP contribution in [0.4, 0.5) is 0 Å². The third-order valence-electron chi connectivity index (χ3n) is 0.848. The lowest BCUT2D eigenvalue weighted by molar-refractivity contribution is 0.249. The molecule has 3 heteroatoms. The van der Waals surface area contributed by atoms with Crippen LogP contribution >= 0.6 is 9.24 Å². The zero-order chi connectivity index (χ0) is 6.41. The van der Waals surface area contributed by atoms with Crippen LogP contribution < -0.4 is 0 Å². The van der Waals surface area contributed by atoms with Gasteiger partial charge in [-0.15, -0.1) is 9.24 Å². The molecule has 0 aromatic heterocycles. The van der Waals surface area contributed by atoms with Gasteiger partial charge in [0, 0.05) is 0 Å². The molecule has 48 valence electrons. The van der Waals surface area contributed by atoms with Gasteiger partial charge < -0.3 is 10.5 Å². The van der Waals surface area contributed by atoms with Gasteiger partial charge in [-0.2, -0.15) is 0 Å². The van der Waals surface area contributed by atoms with E-state index >= 15 is 0 Å². The van der Waals surface area contributed by atoms with Crippen LogP contribution in [-0.4, -0.2) is 17.2 Å². The van der Waals surface area contributed by atoms with Crippen LogP contribution in [0.5, 0.6) is 0 Å². The van der Waals surface area contributed by atoms with E-state index in [-0.39, 0.29) is 5.85 Å². The first-order valence-electron chi connectivity index (χ1n) is 2.70. The molecule has 0 radical (unpaired) electrons. The molecule has 0 rings (SSSR count). The van der Waals surface area contributed by atoms with E-state index in [2.05, 4.69) is 9.24 Å². The van der Waals surface area contributed by atoms with Crippen molar-refractivity contribution in [2.45, 2.75) is 25.1 Å². The summed E-state index contributed by atoms with van der Waals surface area (Å²) in [6.45, 7) is 0. The summed E-state index contributed by atoms with van der Waals surface area (Å²) in [5.41, 5.74) is 0. The van der Waals surface area contributed by atoms with Crippen LogP contribution in [0.1, 0.15) is 19.3 Å². The van der Waals surface area contributed by atoms with E-state index in [0.29, 0.717) is 0 Å². The second-order valence-corrected chi connectivity index (χ2v) is 2.47. The van der Waals surface area contributed by atoms with Crippen molar-refractivity contribution in [3.63, 3.8) is 0 Å². The fourth-order valence-corrected chi connectivity index (χ4v) is 0.665. The fourth-order valence-electron chi connectivity index (χ4n) is 0.429. The Morgan fingerprint density at radius 3 is 2.75 bits per heavy atom. The maximum atomic E-state index is 8.67. The van der Waals surface area contributed by atoms with Crippen LogP contribution in [0.3, 0.4) is 0 Å². The minimum Gasteiger partial charge on any atom is -0.389 e. The van der Waals surface area contributed by atoms with Crippen molar-refractivity contribution < 1.29 is 5.11 Å². The van der Waals surface area contributed by atoms with E-state index in [9.17, 15) is 0 Å². The molecular formula is C5H12NOP. The summed E-state index contributed by atoms with van der Waals surface area (Å²) in [4.78, 5) is 0. The molecule has 2 N–H and O–H groups in total. The lowest BCUT2D eigenvalue weighted by Crippen LogP contribution is -1.93. The van der Waals surface area contributed by atoms with Crippen molar-refractivity contribution in [1.82, 2.24) is 0 Å². The van der Waals surface area contributed by atoms with Gasteiger partial charge in [0.2, 0.25) is 0 Å². The Hall–Kier alpha value is 0.0600. The third kappa shape index (κ3) is 6.06. The highest BCUT2D eigenvalue weighted by molar-refractivity contribution is 7.17. The monoisotopic (exact) mass is 133 g/mol. The zero-order valence-corrected chi connectivity index (χ0v) is 5.96. The molecule has 0 spiro atoms.